The number of aryl methyl sites for hydroxylation is 4. The largest absolute Gasteiger partial charge is 0.455 e. The first-order chi connectivity index (χ1) is 15.4. The Morgan fingerprint density at radius 3 is 2.72 bits per heavy atom. The molecule has 6 heteroatoms. The second kappa shape index (κ2) is 7.99. The number of halogens is 1. The molecule has 0 aliphatic heterocycles. The van der Waals surface area contributed by atoms with E-state index in [0.717, 1.165) is 62.8 Å². The standard InChI is InChI=1S/C26H24ClN3O2/c1-15-8-10-20(12-16(15)2)28-26(31)25-17(3)23-22(32-25)11-9-19-14-30(29-24(19)23)13-18-6-4-5-7-21(18)27/h4-8,10,12,14H,9,11,13H2,1-3H3,(H,28,31). The van der Waals surface area contributed by atoms with E-state index in [9.17, 15) is 4.79 Å². The van der Waals surface area contributed by atoms with Crippen molar-refractivity contribution in [2.75, 3.05) is 5.32 Å². The molecule has 2 aromatic heterocycles. The van der Waals surface area contributed by atoms with Gasteiger partial charge in [0, 0.05) is 34.5 Å². The van der Waals surface area contributed by atoms with Crippen LogP contribution in [0.25, 0.3) is 11.3 Å². The van der Waals surface area contributed by atoms with Crippen molar-refractivity contribution in [1.29, 1.82) is 0 Å². The average molecular weight is 446 g/mol. The number of nitrogens with one attached hydrogen (secondary N) is 1. The van der Waals surface area contributed by atoms with Gasteiger partial charge in [0.15, 0.2) is 5.76 Å². The van der Waals surface area contributed by atoms with Crippen LogP contribution in [0.1, 0.15) is 44.1 Å². The summed E-state index contributed by atoms with van der Waals surface area (Å²) in [6.45, 7) is 6.61. The Morgan fingerprint density at radius 1 is 1.12 bits per heavy atom. The van der Waals surface area contributed by atoms with Crippen LogP contribution in [0.4, 0.5) is 5.69 Å². The van der Waals surface area contributed by atoms with Gasteiger partial charge in [0.1, 0.15) is 5.76 Å². The van der Waals surface area contributed by atoms with Crippen molar-refractivity contribution >= 4 is 23.2 Å². The van der Waals surface area contributed by atoms with Gasteiger partial charge in [-0.05, 0) is 67.6 Å². The van der Waals surface area contributed by atoms with E-state index in [0.29, 0.717) is 12.3 Å². The third kappa shape index (κ3) is 3.63. The van der Waals surface area contributed by atoms with Gasteiger partial charge in [-0.2, -0.15) is 5.10 Å². The van der Waals surface area contributed by atoms with Gasteiger partial charge >= 0.3 is 0 Å². The molecule has 1 N–H and O–H groups in total. The maximum Gasteiger partial charge on any atom is 0.291 e. The minimum atomic E-state index is -0.239. The van der Waals surface area contributed by atoms with Crippen molar-refractivity contribution in [1.82, 2.24) is 9.78 Å². The van der Waals surface area contributed by atoms with Gasteiger partial charge in [-0.15, -0.1) is 0 Å². The van der Waals surface area contributed by atoms with Crippen molar-refractivity contribution in [2.45, 2.75) is 40.2 Å². The zero-order chi connectivity index (χ0) is 22.4. The maximum atomic E-state index is 13.0. The lowest BCUT2D eigenvalue weighted by Crippen LogP contribution is -2.12. The molecule has 0 radical (unpaired) electrons. The molecular formula is C26H24ClN3O2. The normalized spacial score (nSPS) is 12.4. The Hall–Kier alpha value is -3.31. The molecule has 1 aliphatic carbocycles. The van der Waals surface area contributed by atoms with E-state index in [-0.39, 0.29) is 5.91 Å². The molecular weight excluding hydrogens is 422 g/mol. The molecule has 2 heterocycles. The van der Waals surface area contributed by atoms with Crippen molar-refractivity contribution in [3.05, 3.63) is 93.0 Å². The Bertz CT molecular complexity index is 1350. The first kappa shape index (κ1) is 20.6. The zero-order valence-electron chi connectivity index (χ0n) is 18.3. The summed E-state index contributed by atoms with van der Waals surface area (Å²) >= 11 is 6.33. The van der Waals surface area contributed by atoms with Gasteiger partial charge in [-0.3, -0.25) is 9.48 Å². The molecule has 4 aromatic rings. The van der Waals surface area contributed by atoms with Crippen LogP contribution in [0.3, 0.4) is 0 Å². The third-order valence-electron chi connectivity index (χ3n) is 6.18. The first-order valence-corrected chi connectivity index (χ1v) is 11.1. The molecule has 0 unspecified atom stereocenters. The highest BCUT2D eigenvalue weighted by atomic mass is 35.5. The lowest BCUT2D eigenvalue weighted by atomic mass is 9.93. The van der Waals surface area contributed by atoms with Crippen LogP contribution >= 0.6 is 11.6 Å². The number of carbonyl (C=O) groups is 1. The monoisotopic (exact) mass is 445 g/mol. The van der Waals surface area contributed by atoms with Crippen molar-refractivity contribution in [2.24, 2.45) is 0 Å². The molecule has 0 fully saturated rings. The Kier molecular flexibility index (Phi) is 5.14. The average Bonchev–Trinajstić information content (AvgIpc) is 3.32. The van der Waals surface area contributed by atoms with Crippen LogP contribution in [-0.2, 0) is 19.4 Å². The predicted molar refractivity (Wildman–Crippen MR) is 126 cm³/mol. The SMILES string of the molecule is Cc1ccc(NC(=O)c2oc3c(c2C)-c2nn(Cc4ccccc4Cl)cc2CC3)cc1C. The summed E-state index contributed by atoms with van der Waals surface area (Å²) in [6.07, 6.45) is 3.65. The number of nitrogens with zero attached hydrogens (tertiary/aromatic N) is 2. The first-order valence-electron chi connectivity index (χ1n) is 10.7. The molecule has 1 aliphatic rings. The number of benzene rings is 2. The van der Waals surface area contributed by atoms with Gasteiger partial charge in [-0.1, -0.05) is 35.9 Å². The number of carbonyl (C=O) groups excluding carboxylic acids is 1. The second-order valence-corrected chi connectivity index (χ2v) is 8.81. The van der Waals surface area contributed by atoms with Crippen LogP contribution in [0.2, 0.25) is 5.02 Å². The van der Waals surface area contributed by atoms with Crippen LogP contribution < -0.4 is 5.32 Å². The summed E-state index contributed by atoms with van der Waals surface area (Å²) in [4.78, 5) is 13.0. The lowest BCUT2D eigenvalue weighted by Gasteiger charge is -2.09. The topological polar surface area (TPSA) is 60.1 Å². The molecule has 5 nitrogen and oxygen atoms in total. The number of furan rings is 1. The number of hydrogen-bond acceptors (Lipinski definition) is 3. The maximum absolute atomic E-state index is 13.0. The summed E-state index contributed by atoms with van der Waals surface area (Å²) in [6, 6.07) is 13.7. The van der Waals surface area contributed by atoms with Crippen molar-refractivity contribution in [3.8, 4) is 11.3 Å². The summed E-state index contributed by atoms with van der Waals surface area (Å²) in [5, 5.41) is 8.53. The number of anilines is 1. The summed E-state index contributed by atoms with van der Waals surface area (Å²) < 4.78 is 7.96. The van der Waals surface area contributed by atoms with Crippen molar-refractivity contribution < 1.29 is 9.21 Å². The highest BCUT2D eigenvalue weighted by molar-refractivity contribution is 6.31. The third-order valence-corrected chi connectivity index (χ3v) is 6.55. The van der Waals surface area contributed by atoms with E-state index < -0.39 is 0 Å². The fraction of sp³-hybridized carbons (Fsp3) is 0.231. The molecule has 0 saturated carbocycles. The van der Waals surface area contributed by atoms with Gasteiger partial charge in [-0.25, -0.2) is 0 Å². The van der Waals surface area contributed by atoms with Crippen LogP contribution in [-0.4, -0.2) is 15.7 Å². The van der Waals surface area contributed by atoms with Gasteiger partial charge in [0.05, 0.1) is 12.2 Å². The lowest BCUT2D eigenvalue weighted by molar-refractivity contribution is 0.0994. The number of aromatic nitrogens is 2. The van der Waals surface area contributed by atoms with E-state index in [4.69, 9.17) is 21.1 Å². The van der Waals surface area contributed by atoms with Gasteiger partial charge in [0.25, 0.3) is 5.91 Å². The molecule has 0 spiro atoms. The van der Waals surface area contributed by atoms with Crippen LogP contribution in [0, 0.1) is 20.8 Å². The van der Waals surface area contributed by atoms with Gasteiger partial charge in [0.2, 0.25) is 0 Å². The van der Waals surface area contributed by atoms with Gasteiger partial charge < -0.3 is 9.73 Å². The van der Waals surface area contributed by atoms with E-state index in [1.54, 1.807) is 0 Å². The Balaban J connectivity index is 1.45. The Labute approximate surface area is 192 Å². The molecule has 0 atom stereocenters. The van der Waals surface area contributed by atoms with E-state index in [2.05, 4.69) is 11.5 Å². The minimum Gasteiger partial charge on any atom is -0.455 e. The number of amides is 1. The highest BCUT2D eigenvalue weighted by Crippen LogP contribution is 2.38. The second-order valence-electron chi connectivity index (χ2n) is 8.40. The Morgan fingerprint density at radius 2 is 1.94 bits per heavy atom. The van der Waals surface area contributed by atoms with E-state index in [1.165, 1.54) is 5.56 Å². The number of hydrogen-bond donors (Lipinski definition) is 1. The van der Waals surface area contributed by atoms with Crippen LogP contribution in [0.5, 0.6) is 0 Å². The molecule has 32 heavy (non-hydrogen) atoms. The molecule has 1 amide bonds. The highest BCUT2D eigenvalue weighted by Gasteiger charge is 2.29. The summed E-state index contributed by atoms with van der Waals surface area (Å²) in [5.74, 6) is 0.933. The number of fused-ring (bicyclic) bond motifs is 3. The minimum absolute atomic E-state index is 0.239. The van der Waals surface area contributed by atoms with E-state index in [1.807, 2.05) is 67.9 Å². The molecule has 5 rings (SSSR count). The molecule has 162 valence electrons. The summed E-state index contributed by atoms with van der Waals surface area (Å²) in [5.41, 5.74) is 7.92. The summed E-state index contributed by atoms with van der Waals surface area (Å²) in [7, 11) is 0. The smallest absolute Gasteiger partial charge is 0.291 e. The molecule has 0 saturated heterocycles. The van der Waals surface area contributed by atoms with Crippen LogP contribution in [0.15, 0.2) is 53.1 Å². The predicted octanol–water partition coefficient (Wildman–Crippen LogP) is 6.12. The molecule has 0 bridgehead atoms. The molecule has 2 aromatic carbocycles. The van der Waals surface area contributed by atoms with Crippen molar-refractivity contribution in [3.63, 3.8) is 0 Å². The fourth-order valence-electron chi connectivity index (χ4n) is 4.27. The number of rotatable bonds is 4. The quantitative estimate of drug-likeness (QED) is 0.411. The fourth-order valence-corrected chi connectivity index (χ4v) is 4.46. The van der Waals surface area contributed by atoms with E-state index >= 15 is 0 Å². The zero-order valence-corrected chi connectivity index (χ0v) is 19.1.